The Morgan fingerprint density at radius 1 is 1.07 bits per heavy atom. The quantitative estimate of drug-likeness (QED) is 0.784. The summed E-state index contributed by atoms with van der Waals surface area (Å²) in [5.41, 5.74) is 0.896. The van der Waals surface area contributed by atoms with Gasteiger partial charge >= 0.3 is 0 Å². The first-order chi connectivity index (χ1) is 13.0. The lowest BCUT2D eigenvalue weighted by Crippen LogP contribution is -2.27. The first-order valence-corrected chi connectivity index (χ1v) is 8.57. The summed E-state index contributed by atoms with van der Waals surface area (Å²) in [5.74, 6) is -0.613. The second-order valence-electron chi connectivity index (χ2n) is 6.31. The lowest BCUT2D eigenvalue weighted by Gasteiger charge is -2.12. The monoisotopic (exact) mass is 372 g/mol. The van der Waals surface area contributed by atoms with Crippen molar-refractivity contribution in [2.75, 3.05) is 19.5 Å². The van der Waals surface area contributed by atoms with Gasteiger partial charge in [-0.25, -0.2) is 4.39 Å². The molecule has 1 fully saturated rings. The molecule has 7 heteroatoms. The predicted molar refractivity (Wildman–Crippen MR) is 98.0 cm³/mol. The number of rotatable bonds is 7. The number of ether oxygens (including phenoxy) is 2. The van der Waals surface area contributed by atoms with E-state index in [-0.39, 0.29) is 24.2 Å². The van der Waals surface area contributed by atoms with Crippen LogP contribution >= 0.6 is 0 Å². The largest absolute Gasteiger partial charge is 0.497 e. The Morgan fingerprint density at radius 3 is 2.52 bits per heavy atom. The van der Waals surface area contributed by atoms with Gasteiger partial charge in [0.25, 0.3) is 0 Å². The maximum Gasteiger partial charge on any atom is 0.228 e. The highest BCUT2D eigenvalue weighted by Crippen LogP contribution is 2.40. The molecule has 1 aliphatic carbocycles. The molecule has 2 aromatic carbocycles. The van der Waals surface area contributed by atoms with Gasteiger partial charge in [0, 0.05) is 18.2 Å². The Kier molecular flexibility index (Phi) is 5.59. The molecule has 2 aromatic rings. The van der Waals surface area contributed by atoms with Gasteiger partial charge in [0.05, 0.1) is 31.7 Å². The Labute approximate surface area is 156 Å². The van der Waals surface area contributed by atoms with E-state index in [0.29, 0.717) is 29.2 Å². The topological polar surface area (TPSA) is 76.7 Å². The van der Waals surface area contributed by atoms with E-state index in [0.717, 1.165) is 0 Å². The SMILES string of the molecule is COc1ccc(OC)c(NC(=O)C2CC2C(=O)NCc2ccccc2F)c1. The fraction of sp³-hybridized carbons (Fsp3) is 0.300. The number of carbonyl (C=O) groups excluding carboxylic acids is 2. The lowest BCUT2D eigenvalue weighted by atomic mass is 10.2. The summed E-state index contributed by atoms with van der Waals surface area (Å²) in [6.07, 6.45) is 0.460. The van der Waals surface area contributed by atoms with E-state index in [4.69, 9.17) is 9.47 Å². The van der Waals surface area contributed by atoms with Crippen molar-refractivity contribution in [3.63, 3.8) is 0 Å². The molecule has 2 N–H and O–H groups in total. The van der Waals surface area contributed by atoms with Gasteiger partial charge in [-0.05, 0) is 24.6 Å². The highest BCUT2D eigenvalue weighted by molar-refractivity contribution is 6.00. The molecule has 0 saturated heterocycles. The Bertz CT molecular complexity index is 856. The van der Waals surface area contributed by atoms with Gasteiger partial charge in [-0.15, -0.1) is 0 Å². The van der Waals surface area contributed by atoms with Crippen LogP contribution in [0.1, 0.15) is 12.0 Å². The molecule has 0 radical (unpaired) electrons. The van der Waals surface area contributed by atoms with Gasteiger partial charge in [-0.1, -0.05) is 18.2 Å². The third-order valence-electron chi connectivity index (χ3n) is 4.54. The van der Waals surface area contributed by atoms with E-state index in [2.05, 4.69) is 10.6 Å². The first kappa shape index (κ1) is 18.7. The summed E-state index contributed by atoms with van der Waals surface area (Å²) in [4.78, 5) is 24.7. The van der Waals surface area contributed by atoms with E-state index in [1.165, 1.54) is 20.3 Å². The molecule has 1 saturated carbocycles. The number of methoxy groups -OCH3 is 2. The van der Waals surface area contributed by atoms with Gasteiger partial charge in [-0.2, -0.15) is 0 Å². The molecule has 2 atom stereocenters. The van der Waals surface area contributed by atoms with Crippen LogP contribution in [0.4, 0.5) is 10.1 Å². The van der Waals surface area contributed by atoms with Crippen molar-refractivity contribution in [2.45, 2.75) is 13.0 Å². The fourth-order valence-corrected chi connectivity index (χ4v) is 2.87. The number of halogens is 1. The number of amides is 2. The molecule has 27 heavy (non-hydrogen) atoms. The van der Waals surface area contributed by atoms with Crippen molar-refractivity contribution in [1.29, 1.82) is 0 Å². The Hall–Kier alpha value is -3.09. The molecule has 3 rings (SSSR count). The Balaban J connectivity index is 1.56. The van der Waals surface area contributed by atoms with Gasteiger partial charge in [-0.3, -0.25) is 9.59 Å². The Morgan fingerprint density at radius 2 is 1.81 bits per heavy atom. The zero-order valence-corrected chi connectivity index (χ0v) is 15.1. The number of carbonyl (C=O) groups is 2. The molecule has 0 spiro atoms. The third-order valence-corrected chi connectivity index (χ3v) is 4.54. The number of benzene rings is 2. The average Bonchev–Trinajstić information content (AvgIpc) is 3.48. The van der Waals surface area contributed by atoms with Gasteiger partial charge < -0.3 is 20.1 Å². The molecule has 0 bridgehead atoms. The predicted octanol–water partition coefficient (Wildman–Crippen LogP) is 2.73. The van der Waals surface area contributed by atoms with E-state index < -0.39 is 11.8 Å². The molecule has 1 aliphatic rings. The molecule has 6 nitrogen and oxygen atoms in total. The van der Waals surface area contributed by atoms with Crippen LogP contribution in [0, 0.1) is 17.7 Å². The molecule has 2 amide bonds. The summed E-state index contributed by atoms with van der Waals surface area (Å²) in [6, 6.07) is 11.3. The van der Waals surface area contributed by atoms with Crippen LogP contribution in [-0.2, 0) is 16.1 Å². The minimum atomic E-state index is -0.415. The lowest BCUT2D eigenvalue weighted by molar-refractivity contribution is -0.125. The van der Waals surface area contributed by atoms with Crippen LogP contribution in [0.3, 0.4) is 0 Å². The molecular formula is C20H21FN2O4. The molecule has 0 heterocycles. The van der Waals surface area contributed by atoms with Crippen molar-refractivity contribution in [1.82, 2.24) is 5.32 Å². The van der Waals surface area contributed by atoms with E-state index in [1.54, 1.807) is 36.4 Å². The minimum absolute atomic E-state index is 0.0973. The zero-order valence-electron chi connectivity index (χ0n) is 15.1. The second kappa shape index (κ2) is 8.07. The number of hydrogen-bond acceptors (Lipinski definition) is 4. The summed E-state index contributed by atoms with van der Waals surface area (Å²) in [7, 11) is 3.04. The maximum absolute atomic E-state index is 13.6. The molecule has 2 unspecified atom stereocenters. The van der Waals surface area contributed by atoms with Gasteiger partial charge in [0.15, 0.2) is 0 Å². The van der Waals surface area contributed by atoms with Crippen molar-refractivity contribution in [3.05, 3.63) is 53.8 Å². The van der Waals surface area contributed by atoms with Crippen LogP contribution < -0.4 is 20.1 Å². The normalized spacial score (nSPS) is 17.7. The van der Waals surface area contributed by atoms with Crippen LogP contribution in [0.15, 0.2) is 42.5 Å². The molecule has 142 valence electrons. The van der Waals surface area contributed by atoms with Crippen molar-refractivity contribution >= 4 is 17.5 Å². The van der Waals surface area contributed by atoms with Gasteiger partial charge in [0.1, 0.15) is 17.3 Å². The van der Waals surface area contributed by atoms with Crippen LogP contribution in [0.25, 0.3) is 0 Å². The van der Waals surface area contributed by atoms with Crippen LogP contribution in [0.2, 0.25) is 0 Å². The number of anilines is 1. The van der Waals surface area contributed by atoms with Crippen molar-refractivity contribution in [3.8, 4) is 11.5 Å². The molecule has 0 aliphatic heterocycles. The minimum Gasteiger partial charge on any atom is -0.497 e. The van der Waals surface area contributed by atoms with E-state index in [9.17, 15) is 14.0 Å². The number of nitrogens with one attached hydrogen (secondary N) is 2. The number of hydrogen-bond donors (Lipinski definition) is 2. The highest BCUT2D eigenvalue weighted by Gasteiger charge is 2.48. The summed E-state index contributed by atoms with van der Waals surface area (Å²) < 4.78 is 24.0. The van der Waals surface area contributed by atoms with E-state index >= 15 is 0 Å². The van der Waals surface area contributed by atoms with Crippen molar-refractivity contribution < 1.29 is 23.5 Å². The molecular weight excluding hydrogens is 351 g/mol. The average molecular weight is 372 g/mol. The summed E-state index contributed by atoms with van der Waals surface area (Å²) in [6.45, 7) is 0.0973. The van der Waals surface area contributed by atoms with E-state index in [1.807, 2.05) is 0 Å². The maximum atomic E-state index is 13.6. The summed E-state index contributed by atoms with van der Waals surface area (Å²) >= 11 is 0. The third kappa shape index (κ3) is 4.36. The van der Waals surface area contributed by atoms with Crippen LogP contribution in [-0.4, -0.2) is 26.0 Å². The highest BCUT2D eigenvalue weighted by atomic mass is 19.1. The standard InChI is InChI=1S/C20H21FN2O4/c1-26-13-7-8-18(27-2)17(9-13)23-20(25)15-10-14(15)19(24)22-11-12-5-3-4-6-16(12)21/h3-9,14-15H,10-11H2,1-2H3,(H,22,24)(H,23,25). The fourth-order valence-electron chi connectivity index (χ4n) is 2.87. The zero-order chi connectivity index (χ0) is 19.4. The summed E-state index contributed by atoms with van der Waals surface area (Å²) in [5, 5.41) is 5.47. The second-order valence-corrected chi connectivity index (χ2v) is 6.31. The first-order valence-electron chi connectivity index (χ1n) is 8.57. The van der Waals surface area contributed by atoms with Gasteiger partial charge in [0.2, 0.25) is 11.8 Å². The smallest absolute Gasteiger partial charge is 0.228 e. The van der Waals surface area contributed by atoms with Crippen molar-refractivity contribution in [2.24, 2.45) is 11.8 Å². The molecule has 0 aromatic heterocycles. The van der Waals surface area contributed by atoms with Crippen LogP contribution in [0.5, 0.6) is 11.5 Å².